The highest BCUT2D eigenvalue weighted by molar-refractivity contribution is 4.77. The van der Waals surface area contributed by atoms with Gasteiger partial charge in [-0.05, 0) is 70.6 Å². The third-order valence-electron chi connectivity index (χ3n) is 4.31. The molecule has 0 aromatic carbocycles. The van der Waals surface area contributed by atoms with Gasteiger partial charge in [0.05, 0.1) is 0 Å². The van der Waals surface area contributed by atoms with E-state index < -0.39 is 0 Å². The lowest BCUT2D eigenvalue weighted by Crippen LogP contribution is -2.35. The van der Waals surface area contributed by atoms with Crippen molar-refractivity contribution in [1.82, 2.24) is 10.2 Å². The Kier molecular flexibility index (Phi) is 9.54. The first kappa shape index (κ1) is 17.0. The molecule has 2 nitrogen and oxygen atoms in total. The Labute approximate surface area is 121 Å². The minimum Gasteiger partial charge on any atom is -0.317 e. The van der Waals surface area contributed by atoms with Gasteiger partial charge in [0.1, 0.15) is 0 Å². The summed E-state index contributed by atoms with van der Waals surface area (Å²) in [4.78, 5) is 2.80. The molecule has 1 saturated carbocycles. The fourth-order valence-electron chi connectivity index (χ4n) is 3.04. The molecular formula is C17H36N2. The van der Waals surface area contributed by atoms with Crippen molar-refractivity contribution in [3.8, 4) is 0 Å². The molecule has 114 valence electrons. The maximum Gasteiger partial charge on any atom is 0.00952 e. The summed E-state index contributed by atoms with van der Waals surface area (Å²) < 4.78 is 0. The molecule has 0 amide bonds. The van der Waals surface area contributed by atoms with Crippen molar-refractivity contribution in [3.05, 3.63) is 0 Å². The largest absolute Gasteiger partial charge is 0.317 e. The SMILES string of the molecule is CCCNCCCCN(CCC(C)C)C1CCCC1. The quantitative estimate of drug-likeness (QED) is 0.569. The van der Waals surface area contributed by atoms with Crippen molar-refractivity contribution in [2.24, 2.45) is 5.92 Å². The van der Waals surface area contributed by atoms with E-state index in [1.54, 1.807) is 0 Å². The molecule has 1 N–H and O–H groups in total. The first-order valence-corrected chi connectivity index (χ1v) is 8.68. The molecule has 0 atom stereocenters. The van der Waals surface area contributed by atoms with Crippen LogP contribution < -0.4 is 5.32 Å². The summed E-state index contributed by atoms with van der Waals surface area (Å²) in [5.74, 6) is 0.843. The summed E-state index contributed by atoms with van der Waals surface area (Å²) in [6.45, 7) is 12.0. The van der Waals surface area contributed by atoms with E-state index in [1.807, 2.05) is 0 Å². The lowest BCUT2D eigenvalue weighted by molar-refractivity contribution is 0.184. The number of nitrogens with zero attached hydrogens (tertiary/aromatic N) is 1. The maximum atomic E-state index is 3.51. The molecule has 0 aliphatic heterocycles. The van der Waals surface area contributed by atoms with Gasteiger partial charge >= 0.3 is 0 Å². The smallest absolute Gasteiger partial charge is 0.00952 e. The van der Waals surface area contributed by atoms with E-state index in [0.29, 0.717) is 0 Å². The van der Waals surface area contributed by atoms with Crippen LogP contribution in [0.2, 0.25) is 0 Å². The number of nitrogens with one attached hydrogen (secondary N) is 1. The summed E-state index contributed by atoms with van der Waals surface area (Å²) in [5.41, 5.74) is 0. The molecule has 0 saturated heterocycles. The van der Waals surface area contributed by atoms with Gasteiger partial charge in [0.2, 0.25) is 0 Å². The second kappa shape index (κ2) is 10.7. The molecule has 2 heteroatoms. The van der Waals surface area contributed by atoms with Crippen LogP contribution in [-0.2, 0) is 0 Å². The standard InChI is InChI=1S/C17H36N2/c1-4-12-18-13-7-8-14-19(15-11-16(2)3)17-9-5-6-10-17/h16-18H,4-15H2,1-3H3. The van der Waals surface area contributed by atoms with Crippen LogP contribution in [0.1, 0.15) is 72.1 Å². The van der Waals surface area contributed by atoms with Crippen molar-refractivity contribution in [1.29, 1.82) is 0 Å². The molecule has 0 spiro atoms. The van der Waals surface area contributed by atoms with Crippen LogP contribution in [0, 0.1) is 5.92 Å². The molecule has 0 aromatic heterocycles. The summed E-state index contributed by atoms with van der Waals surface area (Å²) >= 11 is 0. The Morgan fingerprint density at radius 3 is 2.42 bits per heavy atom. The van der Waals surface area contributed by atoms with Crippen molar-refractivity contribution in [2.45, 2.75) is 78.2 Å². The zero-order valence-corrected chi connectivity index (χ0v) is 13.6. The van der Waals surface area contributed by atoms with Crippen LogP contribution in [0.25, 0.3) is 0 Å². The van der Waals surface area contributed by atoms with E-state index in [0.717, 1.165) is 12.0 Å². The molecule has 1 aliphatic carbocycles. The number of rotatable bonds is 11. The molecule has 0 heterocycles. The van der Waals surface area contributed by atoms with Crippen LogP contribution in [0.5, 0.6) is 0 Å². The summed E-state index contributed by atoms with van der Waals surface area (Å²) in [6, 6.07) is 0.905. The highest BCUT2D eigenvalue weighted by Crippen LogP contribution is 2.24. The normalized spacial score (nSPS) is 16.9. The second-order valence-electron chi connectivity index (χ2n) is 6.61. The fourth-order valence-corrected chi connectivity index (χ4v) is 3.04. The van der Waals surface area contributed by atoms with Gasteiger partial charge in [-0.25, -0.2) is 0 Å². The molecule has 0 radical (unpaired) electrons. The van der Waals surface area contributed by atoms with Crippen LogP contribution in [-0.4, -0.2) is 37.1 Å². The average molecular weight is 268 g/mol. The predicted molar refractivity (Wildman–Crippen MR) is 85.7 cm³/mol. The first-order chi connectivity index (χ1) is 9.24. The minimum atomic E-state index is 0.843. The highest BCUT2D eigenvalue weighted by atomic mass is 15.2. The van der Waals surface area contributed by atoms with Gasteiger partial charge in [0.25, 0.3) is 0 Å². The number of hydrogen-bond donors (Lipinski definition) is 1. The van der Waals surface area contributed by atoms with E-state index >= 15 is 0 Å². The average Bonchev–Trinajstić information content (AvgIpc) is 2.90. The van der Waals surface area contributed by atoms with Gasteiger partial charge in [0.15, 0.2) is 0 Å². The molecule has 0 bridgehead atoms. The van der Waals surface area contributed by atoms with Gasteiger partial charge in [0, 0.05) is 6.04 Å². The van der Waals surface area contributed by atoms with E-state index in [9.17, 15) is 0 Å². The molecule has 1 aliphatic rings. The molecule has 1 fully saturated rings. The topological polar surface area (TPSA) is 15.3 Å². The maximum absolute atomic E-state index is 3.51. The summed E-state index contributed by atoms with van der Waals surface area (Å²) in [7, 11) is 0. The number of hydrogen-bond acceptors (Lipinski definition) is 2. The van der Waals surface area contributed by atoms with E-state index in [1.165, 1.54) is 77.5 Å². The van der Waals surface area contributed by atoms with Gasteiger partial charge in [-0.2, -0.15) is 0 Å². The van der Waals surface area contributed by atoms with Crippen molar-refractivity contribution < 1.29 is 0 Å². The highest BCUT2D eigenvalue weighted by Gasteiger charge is 2.21. The lowest BCUT2D eigenvalue weighted by Gasteiger charge is -2.29. The summed E-state index contributed by atoms with van der Waals surface area (Å²) in [5, 5.41) is 3.51. The van der Waals surface area contributed by atoms with Crippen LogP contribution in [0.15, 0.2) is 0 Å². The third-order valence-corrected chi connectivity index (χ3v) is 4.31. The van der Waals surface area contributed by atoms with Gasteiger partial charge in [-0.3, -0.25) is 0 Å². The zero-order valence-electron chi connectivity index (χ0n) is 13.6. The van der Waals surface area contributed by atoms with Crippen molar-refractivity contribution in [2.75, 3.05) is 26.2 Å². The molecule has 19 heavy (non-hydrogen) atoms. The first-order valence-electron chi connectivity index (χ1n) is 8.68. The second-order valence-corrected chi connectivity index (χ2v) is 6.61. The molecule has 0 unspecified atom stereocenters. The Hall–Kier alpha value is -0.0800. The predicted octanol–water partition coefficient (Wildman–Crippen LogP) is 4.06. The van der Waals surface area contributed by atoms with E-state index in [-0.39, 0.29) is 0 Å². The Balaban J connectivity index is 2.16. The Bertz CT molecular complexity index is 197. The van der Waals surface area contributed by atoms with E-state index in [2.05, 4.69) is 31.0 Å². The summed E-state index contributed by atoms with van der Waals surface area (Å²) in [6.07, 6.45) is 11.1. The van der Waals surface area contributed by atoms with Gasteiger partial charge < -0.3 is 10.2 Å². The number of unbranched alkanes of at least 4 members (excludes halogenated alkanes) is 1. The third kappa shape index (κ3) is 7.94. The molecule has 0 aromatic rings. The fraction of sp³-hybridized carbons (Fsp3) is 1.00. The zero-order chi connectivity index (χ0) is 13.9. The molecular weight excluding hydrogens is 232 g/mol. The van der Waals surface area contributed by atoms with Crippen LogP contribution in [0.4, 0.5) is 0 Å². The van der Waals surface area contributed by atoms with Crippen LogP contribution in [0.3, 0.4) is 0 Å². The van der Waals surface area contributed by atoms with Crippen molar-refractivity contribution >= 4 is 0 Å². The monoisotopic (exact) mass is 268 g/mol. The van der Waals surface area contributed by atoms with Gasteiger partial charge in [-0.1, -0.05) is 33.6 Å². The molecule has 1 rings (SSSR count). The Morgan fingerprint density at radius 1 is 1.05 bits per heavy atom. The van der Waals surface area contributed by atoms with Crippen LogP contribution >= 0.6 is 0 Å². The Morgan fingerprint density at radius 2 is 1.79 bits per heavy atom. The van der Waals surface area contributed by atoms with Gasteiger partial charge in [-0.15, -0.1) is 0 Å². The van der Waals surface area contributed by atoms with E-state index in [4.69, 9.17) is 0 Å². The van der Waals surface area contributed by atoms with Crippen molar-refractivity contribution in [3.63, 3.8) is 0 Å². The lowest BCUT2D eigenvalue weighted by atomic mass is 10.1. The minimum absolute atomic E-state index is 0.843.